The topological polar surface area (TPSA) is 87.3 Å². The van der Waals surface area contributed by atoms with Gasteiger partial charge in [0, 0.05) is 12.1 Å². The molecule has 0 radical (unpaired) electrons. The van der Waals surface area contributed by atoms with Crippen LogP contribution in [0.25, 0.3) is 0 Å². The number of rotatable bonds is 3. The summed E-state index contributed by atoms with van der Waals surface area (Å²) in [5.41, 5.74) is 7.11. The van der Waals surface area contributed by atoms with Crippen molar-refractivity contribution in [1.82, 2.24) is 10.9 Å². The lowest BCUT2D eigenvalue weighted by atomic mass is 10.0. The Bertz CT molecular complexity index is 518. The third kappa shape index (κ3) is 3.09. The molecule has 1 aliphatic rings. The van der Waals surface area contributed by atoms with Gasteiger partial charge in [-0.15, -0.1) is 0 Å². The molecule has 6 nitrogen and oxygen atoms in total. The Morgan fingerprint density at radius 2 is 1.63 bits per heavy atom. The summed E-state index contributed by atoms with van der Waals surface area (Å²) in [6, 6.07) is 5.66. The summed E-state index contributed by atoms with van der Waals surface area (Å²) >= 11 is 0. The molecule has 3 N–H and O–H groups in total. The highest BCUT2D eigenvalue weighted by molar-refractivity contribution is 6.08. The zero-order chi connectivity index (χ0) is 14.0. The van der Waals surface area contributed by atoms with Gasteiger partial charge in [-0.2, -0.15) is 0 Å². The van der Waals surface area contributed by atoms with E-state index in [9.17, 15) is 14.4 Å². The minimum Gasteiger partial charge on any atom is -0.326 e. The van der Waals surface area contributed by atoms with Gasteiger partial charge in [0.05, 0.1) is 0 Å². The monoisotopic (exact) mass is 261 g/mol. The molecule has 1 aliphatic heterocycles. The van der Waals surface area contributed by atoms with Crippen LogP contribution >= 0.6 is 0 Å². The first-order chi connectivity index (χ1) is 8.95. The number of benzene rings is 1. The van der Waals surface area contributed by atoms with Crippen LogP contribution in [-0.4, -0.2) is 17.7 Å². The van der Waals surface area contributed by atoms with Crippen LogP contribution in [-0.2, 0) is 14.4 Å². The molecule has 1 aromatic carbocycles. The molecular weight excluding hydrogens is 246 g/mol. The van der Waals surface area contributed by atoms with Gasteiger partial charge in [0.25, 0.3) is 11.8 Å². The summed E-state index contributed by atoms with van der Waals surface area (Å²) in [5.74, 6) is -2.26. The van der Waals surface area contributed by atoms with Gasteiger partial charge in [0.15, 0.2) is 0 Å². The molecule has 0 unspecified atom stereocenters. The van der Waals surface area contributed by atoms with Crippen molar-refractivity contribution in [3.05, 3.63) is 29.3 Å². The van der Waals surface area contributed by atoms with Crippen LogP contribution in [0.2, 0.25) is 0 Å². The van der Waals surface area contributed by atoms with E-state index in [2.05, 4.69) is 16.2 Å². The average Bonchev–Trinajstić information content (AvgIpc) is 2.59. The summed E-state index contributed by atoms with van der Waals surface area (Å²) in [6.07, 6.45) is -0.162. The highest BCUT2D eigenvalue weighted by Gasteiger charge is 2.34. The molecule has 0 aromatic heterocycles. The minimum atomic E-state index is -0.953. The fourth-order valence-electron chi connectivity index (χ4n) is 2.05. The number of hydrazine groups is 1. The first-order valence-corrected chi connectivity index (χ1v) is 5.93. The van der Waals surface area contributed by atoms with E-state index in [1.54, 1.807) is 0 Å². The van der Waals surface area contributed by atoms with Crippen LogP contribution in [0.5, 0.6) is 0 Å². The molecule has 1 heterocycles. The number of hydrogen-bond donors (Lipinski definition) is 3. The lowest BCUT2D eigenvalue weighted by Crippen LogP contribution is -2.28. The van der Waals surface area contributed by atoms with E-state index < -0.39 is 17.7 Å². The number of carbonyl (C=O) groups excluding carboxylic acids is 3. The number of amides is 3. The summed E-state index contributed by atoms with van der Waals surface area (Å²) in [7, 11) is 0. The number of hydrogen-bond acceptors (Lipinski definition) is 3. The zero-order valence-electron chi connectivity index (χ0n) is 10.7. The molecule has 1 saturated heterocycles. The highest BCUT2D eigenvalue weighted by atomic mass is 16.2. The second-order valence-electron chi connectivity index (χ2n) is 4.66. The highest BCUT2D eigenvalue weighted by Crippen LogP contribution is 2.15. The van der Waals surface area contributed by atoms with E-state index >= 15 is 0 Å². The fourth-order valence-corrected chi connectivity index (χ4v) is 2.05. The Kier molecular flexibility index (Phi) is 3.50. The molecular formula is C13H15N3O3. The average molecular weight is 261 g/mol. The fraction of sp³-hybridized carbons (Fsp3) is 0.308. The Hall–Kier alpha value is -2.37. The van der Waals surface area contributed by atoms with Crippen molar-refractivity contribution >= 4 is 23.4 Å². The third-order valence-corrected chi connectivity index (χ3v) is 2.84. The predicted octanol–water partition coefficient (Wildman–Crippen LogP) is 0.409. The van der Waals surface area contributed by atoms with Crippen molar-refractivity contribution in [2.45, 2.75) is 20.3 Å². The van der Waals surface area contributed by atoms with Gasteiger partial charge in [-0.1, -0.05) is 6.07 Å². The summed E-state index contributed by atoms with van der Waals surface area (Å²) in [5, 5.41) is 2.69. The number of nitrogens with one attached hydrogen (secondary N) is 3. The van der Waals surface area contributed by atoms with Crippen molar-refractivity contribution in [3.63, 3.8) is 0 Å². The van der Waals surface area contributed by atoms with Crippen LogP contribution in [0.15, 0.2) is 18.2 Å². The normalized spacial score (nSPS) is 15.1. The van der Waals surface area contributed by atoms with Crippen molar-refractivity contribution < 1.29 is 14.4 Å². The van der Waals surface area contributed by atoms with Gasteiger partial charge in [-0.05, 0) is 37.1 Å². The Morgan fingerprint density at radius 3 is 2.16 bits per heavy atom. The Balaban J connectivity index is 2.01. The second kappa shape index (κ2) is 5.09. The standard InChI is InChI=1S/C13H15N3O3/c1-7-3-8(2)5-9(4-7)14-11(17)6-10-12(18)15-16-13(10)19/h3-5,10H,6H2,1-2H3,(H,14,17)(H,15,18)(H,16,19). The van der Waals surface area contributed by atoms with Gasteiger partial charge in [-0.3, -0.25) is 25.2 Å². The molecule has 2 rings (SSSR count). The van der Waals surface area contributed by atoms with E-state index in [4.69, 9.17) is 0 Å². The molecule has 19 heavy (non-hydrogen) atoms. The van der Waals surface area contributed by atoms with Crippen molar-refractivity contribution in [2.75, 3.05) is 5.32 Å². The summed E-state index contributed by atoms with van der Waals surface area (Å²) in [4.78, 5) is 34.4. The summed E-state index contributed by atoms with van der Waals surface area (Å²) < 4.78 is 0. The molecule has 6 heteroatoms. The molecule has 0 atom stereocenters. The zero-order valence-corrected chi connectivity index (χ0v) is 10.7. The smallest absolute Gasteiger partial charge is 0.251 e. The molecule has 0 bridgehead atoms. The first kappa shape index (κ1) is 13.1. The van der Waals surface area contributed by atoms with Crippen LogP contribution in [0.1, 0.15) is 17.5 Å². The maximum Gasteiger partial charge on any atom is 0.251 e. The molecule has 0 spiro atoms. The number of aryl methyl sites for hydroxylation is 2. The predicted molar refractivity (Wildman–Crippen MR) is 68.9 cm³/mol. The SMILES string of the molecule is Cc1cc(C)cc(NC(=O)CC2C(=O)NNC2=O)c1. The van der Waals surface area contributed by atoms with Crippen LogP contribution in [0, 0.1) is 19.8 Å². The van der Waals surface area contributed by atoms with E-state index in [1.807, 2.05) is 32.0 Å². The number of anilines is 1. The van der Waals surface area contributed by atoms with Crippen LogP contribution < -0.4 is 16.2 Å². The van der Waals surface area contributed by atoms with E-state index in [1.165, 1.54) is 0 Å². The molecule has 1 aromatic rings. The maximum absolute atomic E-state index is 11.8. The van der Waals surface area contributed by atoms with E-state index in [0.29, 0.717) is 5.69 Å². The van der Waals surface area contributed by atoms with Gasteiger partial charge >= 0.3 is 0 Å². The summed E-state index contributed by atoms with van der Waals surface area (Å²) in [6.45, 7) is 3.86. The van der Waals surface area contributed by atoms with E-state index in [0.717, 1.165) is 11.1 Å². The van der Waals surface area contributed by atoms with Crippen molar-refractivity contribution in [1.29, 1.82) is 0 Å². The molecule has 0 saturated carbocycles. The largest absolute Gasteiger partial charge is 0.326 e. The van der Waals surface area contributed by atoms with Gasteiger partial charge in [0.2, 0.25) is 5.91 Å². The second-order valence-corrected chi connectivity index (χ2v) is 4.66. The van der Waals surface area contributed by atoms with Gasteiger partial charge in [-0.25, -0.2) is 0 Å². The van der Waals surface area contributed by atoms with Gasteiger partial charge in [0.1, 0.15) is 5.92 Å². The Labute approximate surface area is 110 Å². The molecule has 1 fully saturated rings. The van der Waals surface area contributed by atoms with E-state index in [-0.39, 0.29) is 12.3 Å². The lowest BCUT2D eigenvalue weighted by molar-refractivity contribution is -0.131. The van der Waals surface area contributed by atoms with Crippen molar-refractivity contribution in [3.8, 4) is 0 Å². The number of carbonyl (C=O) groups is 3. The van der Waals surface area contributed by atoms with Gasteiger partial charge < -0.3 is 5.32 Å². The van der Waals surface area contributed by atoms with Crippen molar-refractivity contribution in [2.24, 2.45) is 5.92 Å². The lowest BCUT2D eigenvalue weighted by Gasteiger charge is -2.08. The first-order valence-electron chi connectivity index (χ1n) is 5.93. The van der Waals surface area contributed by atoms with Crippen LogP contribution in [0.4, 0.5) is 5.69 Å². The molecule has 3 amide bonds. The third-order valence-electron chi connectivity index (χ3n) is 2.84. The maximum atomic E-state index is 11.8. The molecule has 0 aliphatic carbocycles. The van der Waals surface area contributed by atoms with Crippen LogP contribution in [0.3, 0.4) is 0 Å². The quantitative estimate of drug-likeness (QED) is 0.689. The minimum absolute atomic E-state index is 0.162. The Morgan fingerprint density at radius 1 is 1.11 bits per heavy atom. The molecule has 100 valence electrons.